The Morgan fingerprint density at radius 3 is 2.58 bits per heavy atom. The minimum absolute atomic E-state index is 0.101. The zero-order valence-electron chi connectivity index (χ0n) is 18.1. The second-order valence-electron chi connectivity index (χ2n) is 7.88. The third-order valence-corrected chi connectivity index (χ3v) is 5.98. The number of esters is 1. The van der Waals surface area contributed by atoms with Gasteiger partial charge < -0.3 is 20.7 Å². The van der Waals surface area contributed by atoms with Crippen LogP contribution in [0.2, 0.25) is 0 Å². The van der Waals surface area contributed by atoms with Crippen molar-refractivity contribution in [1.29, 1.82) is 5.26 Å². The highest BCUT2D eigenvalue weighted by atomic mass is 16.5. The summed E-state index contributed by atoms with van der Waals surface area (Å²) < 4.78 is 5.47. The van der Waals surface area contributed by atoms with Crippen molar-refractivity contribution in [2.24, 2.45) is 22.6 Å². The summed E-state index contributed by atoms with van der Waals surface area (Å²) in [6.07, 6.45) is 3.00. The molecule has 31 heavy (non-hydrogen) atoms. The zero-order chi connectivity index (χ0) is 22.4. The van der Waals surface area contributed by atoms with Crippen molar-refractivity contribution in [3.63, 3.8) is 0 Å². The normalized spacial score (nSPS) is 17.9. The van der Waals surface area contributed by atoms with E-state index in [1.807, 2.05) is 49.1 Å². The van der Waals surface area contributed by atoms with Crippen LogP contribution in [0.1, 0.15) is 39.5 Å². The van der Waals surface area contributed by atoms with Gasteiger partial charge in [-0.25, -0.2) is 9.79 Å². The Kier molecular flexibility index (Phi) is 7.29. The quantitative estimate of drug-likeness (QED) is 0.412. The number of nitrogens with two attached hydrogens (primary N) is 1. The van der Waals surface area contributed by atoms with E-state index in [-0.39, 0.29) is 29.9 Å². The Morgan fingerprint density at radius 1 is 1.29 bits per heavy atom. The lowest BCUT2D eigenvalue weighted by atomic mass is 9.95. The van der Waals surface area contributed by atoms with Gasteiger partial charge in [0.1, 0.15) is 11.8 Å². The van der Waals surface area contributed by atoms with E-state index < -0.39 is 5.97 Å². The van der Waals surface area contributed by atoms with Crippen LogP contribution in [0.3, 0.4) is 0 Å². The molecular weight excluding hydrogens is 394 g/mol. The largest absolute Gasteiger partial charge is 0.461 e. The fraction of sp³-hybridized carbons (Fsp3) is 0.478. The van der Waals surface area contributed by atoms with Gasteiger partial charge in [0, 0.05) is 19.0 Å². The number of amides is 1. The molecule has 1 fully saturated rings. The Balaban J connectivity index is 1.93. The number of aliphatic imine (C=N–C) groups is 1. The lowest BCUT2D eigenvalue weighted by Crippen LogP contribution is -2.44. The molecule has 0 aliphatic carbocycles. The zero-order valence-corrected chi connectivity index (χ0v) is 18.1. The van der Waals surface area contributed by atoms with E-state index in [9.17, 15) is 14.9 Å². The van der Waals surface area contributed by atoms with Crippen LogP contribution in [0.5, 0.6) is 0 Å². The van der Waals surface area contributed by atoms with Crippen LogP contribution in [0, 0.1) is 23.2 Å². The number of hydrogen-bond acceptors (Lipinski definition) is 7. The number of primary amides is 1. The number of ether oxygens (including phenoxy) is 1. The molecule has 0 radical (unpaired) electrons. The molecule has 0 unspecified atom stereocenters. The van der Waals surface area contributed by atoms with E-state index >= 15 is 0 Å². The number of likely N-dealkylation sites (tertiary alicyclic amines) is 1. The molecule has 1 amide bonds. The number of piperidine rings is 1. The van der Waals surface area contributed by atoms with E-state index in [1.165, 1.54) is 0 Å². The first-order valence-electron chi connectivity index (χ1n) is 10.8. The Bertz CT molecular complexity index is 935. The summed E-state index contributed by atoms with van der Waals surface area (Å²) in [6, 6.07) is 9.47. The molecule has 8 heteroatoms. The number of para-hydroxylation sites is 2. The summed E-state index contributed by atoms with van der Waals surface area (Å²) in [5.41, 5.74) is 7.14. The molecule has 0 bridgehead atoms. The van der Waals surface area contributed by atoms with Crippen molar-refractivity contribution in [2.75, 3.05) is 25.0 Å². The molecule has 2 heterocycles. The van der Waals surface area contributed by atoms with Gasteiger partial charge in [0.05, 0.1) is 18.0 Å². The standard InChI is InChI=1S/C23H29N5O3/c1-3-15(4-2)14-31-23(30)17(13-24)20-22(27-19-8-6-5-7-18(19)26-20)28-11-9-16(10-12-28)21(25)29/h5-8,15-16,26H,3-4,9-12,14H2,1-2H3,(H2,25,29). The molecule has 1 aromatic carbocycles. The molecule has 2 aliphatic rings. The lowest BCUT2D eigenvalue weighted by molar-refractivity contribution is -0.140. The first-order chi connectivity index (χ1) is 15.0. The number of rotatable bonds is 6. The third kappa shape index (κ3) is 5.05. The fourth-order valence-corrected chi connectivity index (χ4v) is 3.81. The Morgan fingerprint density at radius 2 is 1.97 bits per heavy atom. The highest BCUT2D eigenvalue weighted by Gasteiger charge is 2.32. The SMILES string of the molecule is CCC(CC)COC(=O)C(C#N)=C1Nc2ccccc2N=C1N1CCC(C(N)=O)CC1. The van der Waals surface area contributed by atoms with Gasteiger partial charge in [0.2, 0.25) is 5.91 Å². The summed E-state index contributed by atoms with van der Waals surface area (Å²) >= 11 is 0. The number of amidine groups is 1. The van der Waals surface area contributed by atoms with Crippen molar-refractivity contribution in [1.82, 2.24) is 4.90 Å². The first-order valence-corrected chi connectivity index (χ1v) is 10.8. The van der Waals surface area contributed by atoms with Crippen LogP contribution >= 0.6 is 0 Å². The summed E-state index contributed by atoms with van der Waals surface area (Å²) in [5, 5.41) is 13.0. The van der Waals surface area contributed by atoms with Crippen LogP contribution < -0.4 is 11.1 Å². The summed E-state index contributed by atoms with van der Waals surface area (Å²) in [6.45, 7) is 5.48. The Labute approximate surface area is 182 Å². The number of hydrogen-bond donors (Lipinski definition) is 2. The van der Waals surface area contributed by atoms with Crippen molar-refractivity contribution in [2.45, 2.75) is 39.5 Å². The number of fused-ring (bicyclic) bond motifs is 1. The minimum Gasteiger partial charge on any atom is -0.461 e. The average molecular weight is 424 g/mol. The van der Waals surface area contributed by atoms with Crippen LogP contribution in [-0.4, -0.2) is 42.3 Å². The summed E-state index contributed by atoms with van der Waals surface area (Å²) in [7, 11) is 0. The molecule has 0 spiro atoms. The third-order valence-electron chi connectivity index (χ3n) is 5.98. The number of anilines is 1. The highest BCUT2D eigenvalue weighted by molar-refractivity contribution is 6.12. The van der Waals surface area contributed by atoms with Gasteiger partial charge in [0.25, 0.3) is 0 Å². The van der Waals surface area contributed by atoms with Crippen molar-refractivity contribution >= 4 is 29.1 Å². The van der Waals surface area contributed by atoms with Gasteiger partial charge in [-0.05, 0) is 30.9 Å². The van der Waals surface area contributed by atoms with E-state index in [4.69, 9.17) is 15.5 Å². The lowest BCUT2D eigenvalue weighted by Gasteiger charge is -2.35. The summed E-state index contributed by atoms with van der Waals surface area (Å²) in [5.74, 6) is -0.357. The number of nitrogens with one attached hydrogen (secondary N) is 1. The summed E-state index contributed by atoms with van der Waals surface area (Å²) in [4.78, 5) is 31.1. The second-order valence-corrected chi connectivity index (χ2v) is 7.88. The van der Waals surface area contributed by atoms with Gasteiger partial charge in [-0.1, -0.05) is 38.8 Å². The van der Waals surface area contributed by atoms with Gasteiger partial charge in [-0.2, -0.15) is 5.26 Å². The molecule has 0 aromatic heterocycles. The number of benzene rings is 1. The van der Waals surface area contributed by atoms with Gasteiger partial charge in [-0.15, -0.1) is 0 Å². The van der Waals surface area contributed by atoms with Gasteiger partial charge in [-0.3, -0.25) is 4.79 Å². The van der Waals surface area contributed by atoms with Gasteiger partial charge >= 0.3 is 5.97 Å². The molecule has 1 saturated heterocycles. The van der Waals surface area contributed by atoms with Crippen LogP contribution in [-0.2, 0) is 14.3 Å². The van der Waals surface area contributed by atoms with Gasteiger partial charge in [0.15, 0.2) is 11.4 Å². The number of nitriles is 1. The van der Waals surface area contributed by atoms with E-state index in [0.29, 0.717) is 43.2 Å². The van der Waals surface area contributed by atoms with E-state index in [0.717, 1.165) is 18.5 Å². The Hall–Kier alpha value is -3.34. The first kappa shape index (κ1) is 22.3. The highest BCUT2D eigenvalue weighted by Crippen LogP contribution is 2.33. The maximum atomic E-state index is 12.8. The minimum atomic E-state index is -0.656. The molecule has 164 valence electrons. The van der Waals surface area contributed by atoms with Crippen LogP contribution in [0.4, 0.5) is 11.4 Å². The molecule has 0 saturated carbocycles. The maximum absolute atomic E-state index is 12.8. The monoisotopic (exact) mass is 423 g/mol. The predicted octanol–water partition coefficient (Wildman–Crippen LogP) is 3.10. The second kappa shape index (κ2) is 10.1. The maximum Gasteiger partial charge on any atom is 0.351 e. The molecule has 8 nitrogen and oxygen atoms in total. The van der Waals surface area contributed by atoms with E-state index in [1.54, 1.807) is 0 Å². The molecule has 3 rings (SSSR count). The van der Waals surface area contributed by atoms with Crippen molar-refractivity contribution in [3.8, 4) is 6.07 Å². The van der Waals surface area contributed by atoms with E-state index in [2.05, 4.69) is 5.32 Å². The smallest absolute Gasteiger partial charge is 0.351 e. The number of carbonyl (C=O) groups excluding carboxylic acids is 2. The van der Waals surface area contributed by atoms with Crippen LogP contribution in [0.25, 0.3) is 0 Å². The van der Waals surface area contributed by atoms with Crippen molar-refractivity contribution < 1.29 is 14.3 Å². The van der Waals surface area contributed by atoms with Crippen molar-refractivity contribution in [3.05, 3.63) is 35.5 Å². The number of nitrogens with zero attached hydrogens (tertiary/aromatic N) is 3. The predicted molar refractivity (Wildman–Crippen MR) is 118 cm³/mol. The topological polar surface area (TPSA) is 121 Å². The molecule has 1 aromatic rings. The van der Waals surface area contributed by atoms with Crippen LogP contribution in [0.15, 0.2) is 40.5 Å². The molecule has 2 aliphatic heterocycles. The molecular formula is C23H29N5O3. The molecule has 0 atom stereocenters. The molecule has 3 N–H and O–H groups in total. The average Bonchev–Trinajstić information content (AvgIpc) is 2.79. The number of carbonyl (C=O) groups is 2. The fourth-order valence-electron chi connectivity index (χ4n) is 3.81.